The molecule has 8 aliphatic rings. The number of amides is 2. The number of anilines is 1. The molecule has 1 unspecified atom stereocenters. The Morgan fingerprint density at radius 2 is 1.28 bits per heavy atom. The van der Waals surface area contributed by atoms with E-state index in [9.17, 15) is 4.79 Å². The van der Waals surface area contributed by atoms with Crippen molar-refractivity contribution in [1.29, 1.82) is 0 Å². The second kappa shape index (κ2) is 18.5. The van der Waals surface area contributed by atoms with E-state index in [0.717, 1.165) is 149 Å². The van der Waals surface area contributed by atoms with Crippen molar-refractivity contribution in [1.82, 2.24) is 48.0 Å². The summed E-state index contributed by atoms with van der Waals surface area (Å²) in [5.41, 5.74) is 9.60. The molecule has 408 valence electrons. The molecule has 8 fully saturated rings. The van der Waals surface area contributed by atoms with E-state index in [1.807, 2.05) is 54.5 Å². The van der Waals surface area contributed by atoms with Gasteiger partial charge in [0.2, 0.25) is 0 Å². The van der Waals surface area contributed by atoms with Gasteiger partial charge >= 0.3 is 0 Å². The number of methoxy groups -OCH3 is 3. The highest BCUT2D eigenvalue weighted by Gasteiger charge is 2.62. The molecule has 1 N–H and O–H groups in total. The summed E-state index contributed by atoms with van der Waals surface area (Å²) in [4.78, 5) is 54.5. The summed E-state index contributed by atoms with van der Waals surface area (Å²) < 4.78 is 27.5. The number of aromatic nitrogens is 8. The zero-order valence-corrected chi connectivity index (χ0v) is 46.5. The fraction of sp³-hybridized carbons (Fsp3) is 0.516. The molecule has 8 aromatic rings. The molecule has 16 rings (SSSR count). The molecule has 6 aliphatic carbocycles. The largest absolute Gasteiger partial charge is 0.494 e. The van der Waals surface area contributed by atoms with Crippen LogP contribution in [0.15, 0.2) is 67.0 Å². The first-order valence-electron chi connectivity index (χ1n) is 29.2. The number of nitrogens with zero attached hydrogens (tertiary/aromatic N) is 10. The minimum absolute atomic E-state index is 0.0107. The van der Waals surface area contributed by atoms with E-state index >= 15 is 4.79 Å². The summed E-state index contributed by atoms with van der Waals surface area (Å²) in [5.74, 6) is 8.27. The van der Waals surface area contributed by atoms with Gasteiger partial charge in [-0.2, -0.15) is 11.8 Å². The van der Waals surface area contributed by atoms with E-state index in [1.165, 1.54) is 32.1 Å². The fourth-order valence-electron chi connectivity index (χ4n) is 15.6. The first-order valence-corrected chi connectivity index (χ1v) is 30.6. The van der Waals surface area contributed by atoms with Gasteiger partial charge in [0.05, 0.1) is 66.7 Å². The zero-order chi connectivity index (χ0) is 52.9. The molecule has 0 radical (unpaired) electrons. The number of carbonyl (C=O) groups excluding carboxylic acids is 2. The van der Waals surface area contributed by atoms with Crippen molar-refractivity contribution in [3.05, 3.63) is 78.1 Å². The van der Waals surface area contributed by atoms with Gasteiger partial charge in [0.1, 0.15) is 33.8 Å². The molecule has 7 atom stereocenters. The Balaban J connectivity index is 0.706. The van der Waals surface area contributed by atoms with E-state index < -0.39 is 0 Å². The highest BCUT2D eigenvalue weighted by molar-refractivity contribution is 7.98. The van der Waals surface area contributed by atoms with Crippen LogP contribution in [0.4, 0.5) is 5.69 Å². The van der Waals surface area contributed by atoms with Gasteiger partial charge in [-0.15, -0.1) is 0 Å². The second-order valence-electron chi connectivity index (χ2n) is 24.8. The first-order chi connectivity index (χ1) is 38.7. The Bertz CT molecular complexity index is 3790. The lowest BCUT2D eigenvalue weighted by Crippen LogP contribution is -2.53. The van der Waals surface area contributed by atoms with Crippen LogP contribution in [0.2, 0.25) is 0 Å². The summed E-state index contributed by atoms with van der Waals surface area (Å²) in [6, 6.07) is 19.3. The molecule has 2 saturated heterocycles. The van der Waals surface area contributed by atoms with Crippen molar-refractivity contribution in [2.24, 2.45) is 41.4 Å². The van der Waals surface area contributed by atoms with Crippen LogP contribution in [-0.2, 0) is 30.9 Å². The van der Waals surface area contributed by atoms with Crippen LogP contribution in [0.5, 0.6) is 11.5 Å². The Labute approximate surface area is 463 Å². The van der Waals surface area contributed by atoms with Crippen molar-refractivity contribution in [3.63, 3.8) is 0 Å². The molecule has 8 heterocycles. The topological polar surface area (TPSA) is 152 Å². The smallest absolute Gasteiger partial charge is 0.254 e. The number of fused-ring (bicyclic) bond motifs is 6. The van der Waals surface area contributed by atoms with Gasteiger partial charge in [0, 0.05) is 86.3 Å². The van der Waals surface area contributed by atoms with Crippen molar-refractivity contribution in [2.75, 3.05) is 51.7 Å². The number of ether oxygens (including phenoxy) is 3. The molecule has 2 aliphatic heterocycles. The molecule has 16 nitrogen and oxygen atoms in total. The van der Waals surface area contributed by atoms with Gasteiger partial charge in [-0.25, -0.2) is 19.9 Å². The maximum absolute atomic E-state index is 15.0. The zero-order valence-electron chi connectivity index (χ0n) is 45.6. The van der Waals surface area contributed by atoms with Crippen molar-refractivity contribution in [3.8, 4) is 34.5 Å². The van der Waals surface area contributed by atoms with Crippen LogP contribution < -0.4 is 14.8 Å². The third kappa shape index (κ3) is 7.77. The van der Waals surface area contributed by atoms with Crippen LogP contribution >= 0.6 is 11.8 Å². The van der Waals surface area contributed by atoms with E-state index in [4.69, 9.17) is 34.1 Å². The third-order valence-electron chi connectivity index (χ3n) is 20.1. The minimum Gasteiger partial charge on any atom is -0.494 e. The molecule has 2 amide bonds. The number of likely N-dealkylation sites (tertiary alicyclic amines) is 2. The van der Waals surface area contributed by atoms with E-state index in [0.29, 0.717) is 70.7 Å². The molecule has 2 bridgehead atoms. The molecule has 6 aromatic heterocycles. The average molecular weight is 1080 g/mol. The third-order valence-corrected chi connectivity index (χ3v) is 20.7. The molecular formula is C62H69N11O5S. The summed E-state index contributed by atoms with van der Waals surface area (Å²) in [7, 11) is 5.22. The molecule has 17 heteroatoms. The SMILES string of the molecule is COc1cc(C(=O)N2C[C@H]3CC4C[C@@H]2[C@H]43)cc2nc(-c3cc4cc(N[C@@H]5[C@@H]6CC[C@H]5N(C(=O)c5cc(OC)c7c(c5)nc(-c5cc8cccnc8n5CC5CC5)n7C[C@H]5C[C@@H](OC)C5)C6)cnc4n3CC3CC3)n(CCSC)c12. The summed E-state index contributed by atoms with van der Waals surface area (Å²) in [5, 5.41) is 6.09. The van der Waals surface area contributed by atoms with Gasteiger partial charge in [-0.05, 0) is 166 Å². The molecule has 6 saturated carbocycles. The summed E-state index contributed by atoms with van der Waals surface area (Å²) >= 11 is 1.81. The Morgan fingerprint density at radius 1 is 0.646 bits per heavy atom. The number of hydrogen-bond donors (Lipinski definition) is 1. The number of carbonyl (C=O) groups is 2. The van der Waals surface area contributed by atoms with E-state index in [-0.39, 0.29) is 30.0 Å². The van der Waals surface area contributed by atoms with Crippen molar-refractivity contribution in [2.45, 2.75) is 115 Å². The molecule has 0 spiro atoms. The van der Waals surface area contributed by atoms with Crippen LogP contribution in [0.1, 0.15) is 84.9 Å². The normalized spacial score (nSPS) is 26.6. The first kappa shape index (κ1) is 48.3. The second-order valence-corrected chi connectivity index (χ2v) is 25.7. The molecule has 79 heavy (non-hydrogen) atoms. The Kier molecular flexibility index (Phi) is 11.3. The van der Waals surface area contributed by atoms with Crippen LogP contribution in [0.25, 0.3) is 67.2 Å². The fourth-order valence-corrected chi connectivity index (χ4v) is 16.0. The number of nitrogens with one attached hydrogen (secondary N) is 1. The number of pyridine rings is 2. The highest BCUT2D eigenvalue weighted by Crippen LogP contribution is 2.61. The van der Waals surface area contributed by atoms with Crippen LogP contribution in [-0.4, -0.2) is 130 Å². The average Bonchev–Trinajstić information content (AvgIpc) is 3.47. The van der Waals surface area contributed by atoms with Crippen molar-refractivity contribution < 1.29 is 23.8 Å². The predicted molar refractivity (Wildman–Crippen MR) is 307 cm³/mol. The quantitative estimate of drug-likeness (QED) is 0.0874. The number of benzene rings is 2. The number of rotatable bonds is 18. The van der Waals surface area contributed by atoms with Gasteiger partial charge in [0.15, 0.2) is 11.6 Å². The summed E-state index contributed by atoms with van der Waals surface area (Å²) in [6.07, 6.45) is 17.5. The van der Waals surface area contributed by atoms with Gasteiger partial charge < -0.3 is 47.6 Å². The molecule has 2 aromatic carbocycles. The number of piperidine rings is 1. The standard InChI is InChI=1S/C62H69N11O5S/c1-76-44-16-35(17-44)30-73-56-46(67-60(73)49-22-36-6-5-13-63-57(36)69(49)28-33-7-8-33)21-40(26-52(56)78-3)61(74)71-31-37-11-12-47(71)54(37)65-43-19-39-24-50(70(29-34-9-10-34)58(39)64-27-43)59-66-45-20-41(25-51(77-2)55(45)68(59)14-15-79-4)62(75)72-32-42-18-38-23-48(72)53(38)42/h5-6,13,19-22,24-27,33-35,37-38,42,44,47-48,53-54,65H,7-12,14-18,23,28-32H2,1-4H3/t35-,37-,38?,42-,44+,47-,48-,53-,54-/m1/s1. The lowest BCUT2D eigenvalue weighted by molar-refractivity contribution is -0.0204. The maximum Gasteiger partial charge on any atom is 0.254 e. The number of aryl methyl sites for hydroxylation is 1. The maximum atomic E-state index is 15.0. The minimum atomic E-state index is 0.0107. The van der Waals surface area contributed by atoms with Gasteiger partial charge in [0.25, 0.3) is 11.8 Å². The van der Waals surface area contributed by atoms with E-state index in [2.05, 4.69) is 63.9 Å². The van der Waals surface area contributed by atoms with Crippen LogP contribution in [0.3, 0.4) is 0 Å². The highest BCUT2D eigenvalue weighted by atomic mass is 32.2. The monoisotopic (exact) mass is 1080 g/mol. The predicted octanol–water partition coefficient (Wildman–Crippen LogP) is 10.2. The lowest BCUT2D eigenvalue weighted by atomic mass is 9.53. The van der Waals surface area contributed by atoms with Gasteiger partial charge in [-0.1, -0.05) is 0 Å². The molecular weight excluding hydrogens is 1010 g/mol. The Hall–Kier alpha value is -6.59. The van der Waals surface area contributed by atoms with Gasteiger partial charge in [-0.3, -0.25) is 9.59 Å². The number of imidazole rings is 2. The lowest BCUT2D eigenvalue weighted by Gasteiger charge is -2.52. The number of hydrogen-bond acceptors (Lipinski definition) is 11. The Morgan fingerprint density at radius 3 is 1.92 bits per heavy atom. The van der Waals surface area contributed by atoms with Crippen molar-refractivity contribution >= 4 is 73.4 Å². The summed E-state index contributed by atoms with van der Waals surface area (Å²) in [6.45, 7) is 4.84. The van der Waals surface area contributed by atoms with E-state index in [1.54, 1.807) is 21.3 Å². The number of thioether (sulfide) groups is 1. The van der Waals surface area contributed by atoms with Crippen LogP contribution in [0, 0.1) is 41.4 Å².